The Hall–Kier alpha value is -0.320. The largest absolute Gasteiger partial charge is 0.394 e. The Kier molecular flexibility index (Phi) is 19.4. The van der Waals surface area contributed by atoms with Crippen LogP contribution in [0.2, 0.25) is 0 Å². The summed E-state index contributed by atoms with van der Waals surface area (Å²) in [4.78, 5) is 0. The number of hydrogen-bond donors (Lipinski definition) is 4. The molecule has 0 spiro atoms. The van der Waals surface area contributed by atoms with Gasteiger partial charge < -0.3 is 39.4 Å². The van der Waals surface area contributed by atoms with Gasteiger partial charge in [0.05, 0.1) is 19.8 Å². The summed E-state index contributed by atoms with van der Waals surface area (Å²) < 4.78 is 21.9. The van der Waals surface area contributed by atoms with E-state index >= 15 is 0 Å². The highest BCUT2D eigenvalue weighted by molar-refractivity contribution is 4.88. The van der Waals surface area contributed by atoms with Gasteiger partial charge >= 0.3 is 0 Å². The first-order chi connectivity index (χ1) is 16.5. The molecule has 4 N–H and O–H groups in total. The second-order valence-corrected chi connectivity index (χ2v) is 9.56. The zero-order chi connectivity index (χ0) is 25.0. The zero-order valence-electron chi connectivity index (χ0n) is 21.6. The molecule has 1 aliphatic rings. The highest BCUT2D eigenvalue weighted by Gasteiger charge is 2.44. The van der Waals surface area contributed by atoms with Crippen LogP contribution in [0.3, 0.4) is 0 Å². The Morgan fingerprint density at radius 1 is 0.706 bits per heavy atom. The molecule has 34 heavy (non-hydrogen) atoms. The minimum atomic E-state index is -1.45. The molecule has 1 heterocycles. The molecule has 0 amide bonds. The van der Waals surface area contributed by atoms with E-state index < -0.39 is 37.3 Å². The van der Waals surface area contributed by atoms with Crippen LogP contribution in [0.15, 0.2) is 0 Å². The van der Waals surface area contributed by atoms with Gasteiger partial charge in [-0.15, -0.1) is 0 Å². The first-order valence-corrected chi connectivity index (χ1v) is 13.6. The molecule has 0 aliphatic carbocycles. The van der Waals surface area contributed by atoms with E-state index in [1.54, 1.807) is 7.11 Å². The van der Waals surface area contributed by atoms with Gasteiger partial charge in [-0.05, 0) is 6.42 Å². The van der Waals surface area contributed by atoms with Gasteiger partial charge in [0.2, 0.25) is 0 Å². The molecule has 0 saturated carbocycles. The quantitative estimate of drug-likeness (QED) is 0.170. The number of rotatable bonds is 22. The van der Waals surface area contributed by atoms with Crippen molar-refractivity contribution >= 4 is 0 Å². The zero-order valence-corrected chi connectivity index (χ0v) is 21.6. The normalized spacial score (nSPS) is 26.1. The van der Waals surface area contributed by atoms with Crippen LogP contribution in [-0.4, -0.2) is 90.8 Å². The highest BCUT2D eigenvalue weighted by Crippen LogP contribution is 2.22. The highest BCUT2D eigenvalue weighted by atomic mass is 16.7. The third-order valence-corrected chi connectivity index (χ3v) is 6.57. The van der Waals surface area contributed by atoms with E-state index in [9.17, 15) is 20.4 Å². The summed E-state index contributed by atoms with van der Waals surface area (Å²) >= 11 is 0. The van der Waals surface area contributed by atoms with E-state index in [2.05, 4.69) is 6.92 Å². The molecule has 0 unspecified atom stereocenters. The van der Waals surface area contributed by atoms with Gasteiger partial charge in [-0.25, -0.2) is 0 Å². The monoisotopic (exact) mass is 492 g/mol. The van der Waals surface area contributed by atoms with Crippen molar-refractivity contribution in [2.24, 2.45) is 0 Å². The van der Waals surface area contributed by atoms with Crippen molar-refractivity contribution in [3.05, 3.63) is 0 Å². The molecule has 1 saturated heterocycles. The summed E-state index contributed by atoms with van der Waals surface area (Å²) in [7, 11) is 1.55. The van der Waals surface area contributed by atoms with Crippen molar-refractivity contribution < 1.29 is 39.4 Å². The molecule has 6 atom stereocenters. The smallest absolute Gasteiger partial charge is 0.186 e. The van der Waals surface area contributed by atoms with Crippen molar-refractivity contribution in [2.45, 2.75) is 134 Å². The number of hydrogen-bond acceptors (Lipinski definition) is 8. The van der Waals surface area contributed by atoms with E-state index in [4.69, 9.17) is 18.9 Å². The van der Waals surface area contributed by atoms with Crippen LogP contribution < -0.4 is 0 Å². The average Bonchev–Trinajstić information content (AvgIpc) is 2.85. The van der Waals surface area contributed by atoms with Gasteiger partial charge in [0, 0.05) is 13.7 Å². The van der Waals surface area contributed by atoms with Crippen LogP contribution in [0, 0.1) is 0 Å². The Balaban J connectivity index is 1.97. The lowest BCUT2D eigenvalue weighted by atomic mass is 9.99. The fourth-order valence-electron chi connectivity index (χ4n) is 4.20. The maximum Gasteiger partial charge on any atom is 0.186 e. The fraction of sp³-hybridized carbons (Fsp3) is 1.00. The number of unbranched alkanes of at least 4 members (excludes halogenated alkanes) is 13. The first-order valence-electron chi connectivity index (χ1n) is 13.6. The molecule has 0 aromatic rings. The molecule has 1 fully saturated rings. The standard InChI is InChI=1S/C26H52O8/c1-3-4-5-6-7-8-9-10-11-12-13-14-15-16-17-32-19-21(31-2)20-33-26-25(30)24(29)23(28)22(18-27)34-26/h21-30H,3-20H2,1-2H3/t21-,22+,23-,24+,25+,26-/m1/s1. The van der Waals surface area contributed by atoms with Crippen LogP contribution in [0.5, 0.6) is 0 Å². The van der Waals surface area contributed by atoms with Gasteiger partial charge in [0.25, 0.3) is 0 Å². The molecule has 0 radical (unpaired) electrons. The predicted octanol–water partition coefficient (Wildman–Crippen LogP) is 3.32. The van der Waals surface area contributed by atoms with Gasteiger partial charge in [-0.1, -0.05) is 90.4 Å². The summed E-state index contributed by atoms with van der Waals surface area (Å²) in [5.41, 5.74) is 0. The maximum absolute atomic E-state index is 10.0. The second-order valence-electron chi connectivity index (χ2n) is 9.56. The van der Waals surface area contributed by atoms with E-state index in [0.717, 1.165) is 12.8 Å². The molecular formula is C26H52O8. The van der Waals surface area contributed by atoms with E-state index in [1.807, 2.05) is 0 Å². The molecule has 1 rings (SSSR count). The van der Waals surface area contributed by atoms with Crippen molar-refractivity contribution in [3.63, 3.8) is 0 Å². The van der Waals surface area contributed by atoms with E-state index in [0.29, 0.717) is 13.2 Å². The summed E-state index contributed by atoms with van der Waals surface area (Å²) in [6, 6.07) is 0. The average molecular weight is 493 g/mol. The van der Waals surface area contributed by atoms with Gasteiger partial charge in [-0.2, -0.15) is 0 Å². The summed E-state index contributed by atoms with van der Waals surface area (Å²) in [5, 5.41) is 38.9. The Morgan fingerprint density at radius 2 is 1.24 bits per heavy atom. The lowest BCUT2D eigenvalue weighted by Crippen LogP contribution is -2.59. The topological polar surface area (TPSA) is 118 Å². The van der Waals surface area contributed by atoms with Crippen LogP contribution >= 0.6 is 0 Å². The van der Waals surface area contributed by atoms with Crippen LogP contribution in [0.4, 0.5) is 0 Å². The SMILES string of the molecule is CCCCCCCCCCCCCCCCOC[C@H](CO[C@@H]1O[C@@H](CO)[C@@H](O)[C@H](O)[C@@H]1O)OC. The lowest BCUT2D eigenvalue weighted by molar-refractivity contribution is -0.305. The fourth-order valence-corrected chi connectivity index (χ4v) is 4.20. The summed E-state index contributed by atoms with van der Waals surface area (Å²) in [6.45, 7) is 2.89. The molecule has 8 nitrogen and oxygen atoms in total. The number of aliphatic hydroxyl groups excluding tert-OH is 4. The number of aliphatic hydroxyl groups is 4. The van der Waals surface area contributed by atoms with Crippen LogP contribution in [0.25, 0.3) is 0 Å². The van der Waals surface area contributed by atoms with Crippen molar-refractivity contribution in [1.29, 1.82) is 0 Å². The lowest BCUT2D eigenvalue weighted by Gasteiger charge is -2.39. The maximum atomic E-state index is 10.0. The van der Waals surface area contributed by atoms with Crippen molar-refractivity contribution in [2.75, 3.05) is 33.5 Å². The van der Waals surface area contributed by atoms with Gasteiger partial charge in [-0.3, -0.25) is 0 Å². The first kappa shape index (κ1) is 31.7. The molecule has 0 bridgehead atoms. The summed E-state index contributed by atoms with van der Waals surface area (Å²) in [5.74, 6) is 0. The molecule has 1 aliphatic heterocycles. The van der Waals surface area contributed by atoms with Crippen LogP contribution in [-0.2, 0) is 18.9 Å². The van der Waals surface area contributed by atoms with E-state index in [1.165, 1.54) is 77.0 Å². The molecule has 0 aromatic heterocycles. The third-order valence-electron chi connectivity index (χ3n) is 6.57. The molecule has 0 aromatic carbocycles. The summed E-state index contributed by atoms with van der Waals surface area (Å²) in [6.07, 6.45) is 11.8. The molecule has 8 heteroatoms. The second kappa shape index (κ2) is 20.8. The number of ether oxygens (including phenoxy) is 4. The van der Waals surface area contributed by atoms with Crippen molar-refractivity contribution in [3.8, 4) is 0 Å². The van der Waals surface area contributed by atoms with Gasteiger partial charge in [0.15, 0.2) is 6.29 Å². The molecular weight excluding hydrogens is 440 g/mol. The van der Waals surface area contributed by atoms with E-state index in [-0.39, 0.29) is 12.7 Å². The predicted molar refractivity (Wildman–Crippen MR) is 132 cm³/mol. The minimum Gasteiger partial charge on any atom is -0.394 e. The molecule has 204 valence electrons. The Morgan fingerprint density at radius 3 is 1.74 bits per heavy atom. The van der Waals surface area contributed by atoms with Crippen LogP contribution in [0.1, 0.15) is 96.8 Å². The number of methoxy groups -OCH3 is 1. The Labute approximate surface area is 206 Å². The Bertz CT molecular complexity index is 451. The van der Waals surface area contributed by atoms with Crippen molar-refractivity contribution in [1.82, 2.24) is 0 Å². The van der Waals surface area contributed by atoms with Gasteiger partial charge in [0.1, 0.15) is 30.5 Å². The minimum absolute atomic E-state index is 0.0952. The third kappa shape index (κ3) is 13.7.